The van der Waals surface area contributed by atoms with Gasteiger partial charge in [0.1, 0.15) is 0 Å². The van der Waals surface area contributed by atoms with Crippen LogP contribution >= 0.6 is 0 Å². The van der Waals surface area contributed by atoms with Gasteiger partial charge in [-0.1, -0.05) is 29.8 Å². The predicted octanol–water partition coefficient (Wildman–Crippen LogP) is 1.59. The monoisotopic (exact) mass is 277 g/mol. The third-order valence-corrected chi connectivity index (χ3v) is 3.80. The number of hydrogen-bond donors (Lipinski definition) is 2. The molecule has 1 fully saturated rings. The molecule has 0 spiro atoms. The topological polar surface area (TPSA) is 58.6 Å². The van der Waals surface area contributed by atoms with Crippen molar-refractivity contribution >= 4 is 5.91 Å². The molecule has 1 saturated heterocycles. The molecular formula is C16H23NO3. The Morgan fingerprint density at radius 3 is 2.60 bits per heavy atom. The highest BCUT2D eigenvalue weighted by molar-refractivity contribution is 5.76. The predicted molar refractivity (Wildman–Crippen MR) is 77.5 cm³/mol. The van der Waals surface area contributed by atoms with Crippen molar-refractivity contribution in [3.05, 3.63) is 35.4 Å². The minimum atomic E-state index is -0.794. The molecule has 1 aliphatic heterocycles. The van der Waals surface area contributed by atoms with E-state index in [-0.39, 0.29) is 5.91 Å². The summed E-state index contributed by atoms with van der Waals surface area (Å²) in [5.41, 5.74) is 1.59. The summed E-state index contributed by atoms with van der Waals surface area (Å²) in [6.07, 6.45) is 2.36. The fraction of sp³-hybridized carbons (Fsp3) is 0.562. The van der Waals surface area contributed by atoms with E-state index in [0.717, 1.165) is 12.0 Å². The number of hydrogen-bond acceptors (Lipinski definition) is 3. The number of carbonyl (C=O) groups excluding carboxylic acids is 1. The summed E-state index contributed by atoms with van der Waals surface area (Å²) in [5, 5.41) is 13.1. The molecule has 0 unspecified atom stereocenters. The summed E-state index contributed by atoms with van der Waals surface area (Å²) in [6.45, 7) is 3.50. The molecule has 1 aliphatic rings. The molecule has 0 aromatic heterocycles. The summed E-state index contributed by atoms with van der Waals surface area (Å²) < 4.78 is 5.21. The normalized spacial score (nSPS) is 17.7. The number of aliphatic hydroxyl groups is 1. The van der Waals surface area contributed by atoms with Crippen LogP contribution in [0.1, 0.15) is 30.4 Å². The van der Waals surface area contributed by atoms with E-state index in [1.165, 1.54) is 5.56 Å². The average Bonchev–Trinajstić information content (AvgIpc) is 2.45. The van der Waals surface area contributed by atoms with E-state index in [1.807, 2.05) is 6.92 Å². The van der Waals surface area contributed by atoms with Crippen LogP contribution in [-0.4, -0.2) is 36.4 Å². The number of rotatable bonds is 5. The standard InChI is InChI=1S/C16H23NO3/c1-13-2-4-14(5-3-13)6-7-15(18)17-12-16(19)8-10-20-11-9-16/h2-5,19H,6-12H2,1H3,(H,17,18). The van der Waals surface area contributed by atoms with E-state index in [9.17, 15) is 9.90 Å². The Balaban J connectivity index is 1.71. The van der Waals surface area contributed by atoms with Crippen LogP contribution in [0.4, 0.5) is 0 Å². The lowest BCUT2D eigenvalue weighted by Crippen LogP contribution is -2.46. The van der Waals surface area contributed by atoms with Crippen LogP contribution in [0, 0.1) is 6.92 Å². The van der Waals surface area contributed by atoms with E-state index >= 15 is 0 Å². The van der Waals surface area contributed by atoms with Gasteiger partial charge in [0.2, 0.25) is 5.91 Å². The van der Waals surface area contributed by atoms with Gasteiger partial charge in [-0.15, -0.1) is 0 Å². The quantitative estimate of drug-likeness (QED) is 0.859. The Morgan fingerprint density at radius 1 is 1.30 bits per heavy atom. The van der Waals surface area contributed by atoms with Crippen molar-refractivity contribution in [1.29, 1.82) is 0 Å². The molecule has 1 amide bonds. The number of carbonyl (C=O) groups is 1. The maximum Gasteiger partial charge on any atom is 0.220 e. The Morgan fingerprint density at radius 2 is 1.95 bits per heavy atom. The summed E-state index contributed by atoms with van der Waals surface area (Å²) in [7, 11) is 0. The Hall–Kier alpha value is -1.39. The van der Waals surface area contributed by atoms with Crippen molar-refractivity contribution in [3.8, 4) is 0 Å². The molecule has 0 bridgehead atoms. The molecule has 110 valence electrons. The molecule has 2 rings (SSSR count). The molecule has 4 nitrogen and oxygen atoms in total. The zero-order valence-corrected chi connectivity index (χ0v) is 12.0. The van der Waals surface area contributed by atoms with Crippen molar-refractivity contribution in [2.24, 2.45) is 0 Å². The highest BCUT2D eigenvalue weighted by atomic mass is 16.5. The van der Waals surface area contributed by atoms with Gasteiger partial charge in [-0.3, -0.25) is 4.79 Å². The SMILES string of the molecule is Cc1ccc(CCC(=O)NCC2(O)CCOCC2)cc1. The fourth-order valence-corrected chi connectivity index (χ4v) is 2.29. The second-order valence-corrected chi connectivity index (χ2v) is 5.60. The molecule has 0 radical (unpaired) electrons. The van der Waals surface area contributed by atoms with Crippen molar-refractivity contribution in [1.82, 2.24) is 5.32 Å². The van der Waals surface area contributed by atoms with Gasteiger partial charge < -0.3 is 15.2 Å². The average molecular weight is 277 g/mol. The van der Waals surface area contributed by atoms with Crippen LogP contribution in [0.3, 0.4) is 0 Å². The third kappa shape index (κ3) is 4.62. The Kier molecular flexibility index (Phi) is 5.15. The molecule has 2 N–H and O–H groups in total. The highest BCUT2D eigenvalue weighted by Crippen LogP contribution is 2.19. The molecule has 0 saturated carbocycles. The lowest BCUT2D eigenvalue weighted by Gasteiger charge is -2.32. The summed E-state index contributed by atoms with van der Waals surface area (Å²) in [4.78, 5) is 11.8. The van der Waals surface area contributed by atoms with Gasteiger partial charge >= 0.3 is 0 Å². The van der Waals surface area contributed by atoms with Gasteiger partial charge in [0.25, 0.3) is 0 Å². The number of benzene rings is 1. The lowest BCUT2D eigenvalue weighted by atomic mass is 9.94. The van der Waals surface area contributed by atoms with Gasteiger partial charge in [-0.05, 0) is 18.9 Å². The summed E-state index contributed by atoms with van der Waals surface area (Å²) in [6, 6.07) is 8.21. The number of amides is 1. The maximum absolute atomic E-state index is 11.8. The van der Waals surface area contributed by atoms with Crippen molar-refractivity contribution in [2.45, 2.75) is 38.2 Å². The van der Waals surface area contributed by atoms with Crippen molar-refractivity contribution < 1.29 is 14.6 Å². The molecule has 0 atom stereocenters. The first-order chi connectivity index (χ1) is 9.57. The largest absolute Gasteiger partial charge is 0.388 e. The minimum absolute atomic E-state index is 0.00880. The number of aryl methyl sites for hydroxylation is 2. The van der Waals surface area contributed by atoms with E-state index in [4.69, 9.17) is 4.74 Å². The van der Waals surface area contributed by atoms with Crippen LogP contribution in [0.2, 0.25) is 0 Å². The van der Waals surface area contributed by atoms with E-state index in [1.54, 1.807) is 0 Å². The number of nitrogens with one attached hydrogen (secondary N) is 1. The first kappa shape index (κ1) is 15.0. The highest BCUT2D eigenvalue weighted by Gasteiger charge is 2.29. The first-order valence-electron chi connectivity index (χ1n) is 7.20. The molecular weight excluding hydrogens is 254 g/mol. The Bertz CT molecular complexity index is 436. The first-order valence-corrected chi connectivity index (χ1v) is 7.20. The molecule has 1 aromatic carbocycles. The van der Waals surface area contributed by atoms with Crippen LogP contribution < -0.4 is 5.32 Å². The third-order valence-electron chi connectivity index (χ3n) is 3.80. The van der Waals surface area contributed by atoms with Gasteiger partial charge in [-0.25, -0.2) is 0 Å². The maximum atomic E-state index is 11.8. The molecule has 0 aliphatic carbocycles. The fourth-order valence-electron chi connectivity index (χ4n) is 2.29. The van der Waals surface area contributed by atoms with Gasteiger partial charge in [0, 0.05) is 39.0 Å². The van der Waals surface area contributed by atoms with Crippen molar-refractivity contribution in [3.63, 3.8) is 0 Å². The second kappa shape index (κ2) is 6.86. The van der Waals surface area contributed by atoms with E-state index in [0.29, 0.717) is 39.0 Å². The van der Waals surface area contributed by atoms with Crippen molar-refractivity contribution in [2.75, 3.05) is 19.8 Å². The molecule has 20 heavy (non-hydrogen) atoms. The molecule has 1 heterocycles. The zero-order chi connectivity index (χ0) is 14.4. The summed E-state index contributed by atoms with van der Waals surface area (Å²) >= 11 is 0. The molecule has 1 aromatic rings. The minimum Gasteiger partial charge on any atom is -0.388 e. The Labute approximate surface area is 120 Å². The van der Waals surface area contributed by atoms with Gasteiger partial charge in [0.05, 0.1) is 5.60 Å². The van der Waals surface area contributed by atoms with Crippen LogP contribution in [-0.2, 0) is 16.0 Å². The van der Waals surface area contributed by atoms with Crippen LogP contribution in [0.25, 0.3) is 0 Å². The van der Waals surface area contributed by atoms with E-state index < -0.39 is 5.60 Å². The second-order valence-electron chi connectivity index (χ2n) is 5.60. The van der Waals surface area contributed by atoms with E-state index in [2.05, 4.69) is 29.6 Å². The number of ether oxygens (including phenoxy) is 1. The zero-order valence-electron chi connectivity index (χ0n) is 12.0. The van der Waals surface area contributed by atoms with Crippen LogP contribution in [0.15, 0.2) is 24.3 Å². The lowest BCUT2D eigenvalue weighted by molar-refractivity contribution is -0.123. The summed E-state index contributed by atoms with van der Waals surface area (Å²) in [5.74, 6) is -0.00880. The van der Waals surface area contributed by atoms with Gasteiger partial charge in [0.15, 0.2) is 0 Å². The van der Waals surface area contributed by atoms with Crippen LogP contribution in [0.5, 0.6) is 0 Å². The smallest absolute Gasteiger partial charge is 0.220 e. The molecule has 4 heteroatoms. The van der Waals surface area contributed by atoms with Gasteiger partial charge in [-0.2, -0.15) is 0 Å².